The maximum Gasteiger partial charge on any atom is 0.255 e. The summed E-state index contributed by atoms with van der Waals surface area (Å²) in [6.07, 6.45) is 2.02. The highest BCUT2D eigenvalue weighted by molar-refractivity contribution is 6.06. The number of carbonyl (C=O) groups excluding carboxylic acids is 1. The molecule has 2 N–H and O–H groups in total. The number of carbonyl (C=O) groups is 1. The largest absolute Gasteiger partial charge is 0.319 e. The van der Waals surface area contributed by atoms with Crippen LogP contribution in [0.4, 0.5) is 14.5 Å². The van der Waals surface area contributed by atoms with Crippen molar-refractivity contribution >= 4 is 11.6 Å². The first kappa shape index (κ1) is 15.5. The average molecular weight is 339 g/mol. The number of aromatic nitrogens is 2. The second-order valence-electron chi connectivity index (χ2n) is 6.11. The Hall–Kier alpha value is -3.02. The van der Waals surface area contributed by atoms with Crippen molar-refractivity contribution in [3.8, 4) is 11.3 Å². The van der Waals surface area contributed by atoms with E-state index < -0.39 is 11.7 Å². The maximum absolute atomic E-state index is 13.6. The molecule has 1 saturated carbocycles. The van der Waals surface area contributed by atoms with Crippen molar-refractivity contribution in [1.82, 2.24) is 10.2 Å². The molecule has 4 rings (SSSR count). The van der Waals surface area contributed by atoms with Gasteiger partial charge in [-0.3, -0.25) is 9.89 Å². The third kappa shape index (κ3) is 3.15. The fourth-order valence-electron chi connectivity index (χ4n) is 2.81. The van der Waals surface area contributed by atoms with Gasteiger partial charge in [0.1, 0.15) is 17.3 Å². The summed E-state index contributed by atoms with van der Waals surface area (Å²) in [5, 5.41) is 10.1. The Labute approximate surface area is 142 Å². The van der Waals surface area contributed by atoms with Crippen molar-refractivity contribution in [3.05, 3.63) is 71.4 Å². The van der Waals surface area contributed by atoms with Gasteiger partial charge in [0.25, 0.3) is 5.91 Å². The zero-order valence-electron chi connectivity index (χ0n) is 13.2. The Kier molecular flexibility index (Phi) is 3.80. The van der Waals surface area contributed by atoms with Crippen LogP contribution in [0.2, 0.25) is 0 Å². The van der Waals surface area contributed by atoms with Crippen molar-refractivity contribution in [1.29, 1.82) is 0 Å². The lowest BCUT2D eigenvalue weighted by molar-refractivity contribution is 0.102. The molecule has 1 amide bonds. The lowest BCUT2D eigenvalue weighted by atomic mass is 10.1. The fourth-order valence-corrected chi connectivity index (χ4v) is 2.81. The molecule has 1 aromatic heterocycles. The molecule has 1 fully saturated rings. The summed E-state index contributed by atoms with van der Waals surface area (Å²) in [6, 6.07) is 11.5. The van der Waals surface area contributed by atoms with Gasteiger partial charge in [0.2, 0.25) is 0 Å². The molecule has 6 heteroatoms. The molecule has 0 atom stereocenters. The lowest BCUT2D eigenvalue weighted by Gasteiger charge is -2.09. The predicted molar refractivity (Wildman–Crippen MR) is 90.3 cm³/mol. The molecule has 0 unspecified atom stereocenters. The summed E-state index contributed by atoms with van der Waals surface area (Å²) in [5.41, 5.74) is 2.61. The van der Waals surface area contributed by atoms with Gasteiger partial charge >= 0.3 is 0 Å². The van der Waals surface area contributed by atoms with Crippen LogP contribution >= 0.6 is 0 Å². The van der Waals surface area contributed by atoms with E-state index in [2.05, 4.69) is 15.5 Å². The fraction of sp³-hybridized carbons (Fsp3) is 0.158. The molecular formula is C19H15F2N3O. The highest BCUT2D eigenvalue weighted by Gasteiger charge is 2.31. The zero-order valence-corrected chi connectivity index (χ0v) is 13.2. The Bertz CT molecular complexity index is 947. The van der Waals surface area contributed by atoms with Crippen LogP contribution in [0.3, 0.4) is 0 Å². The highest BCUT2D eigenvalue weighted by Crippen LogP contribution is 2.45. The number of H-pyrrole nitrogens is 1. The first-order valence-corrected chi connectivity index (χ1v) is 8.03. The number of aromatic amines is 1. The summed E-state index contributed by atoms with van der Waals surface area (Å²) in [7, 11) is 0. The van der Waals surface area contributed by atoms with E-state index in [1.807, 2.05) is 0 Å². The summed E-state index contributed by atoms with van der Waals surface area (Å²) in [4.78, 5) is 12.5. The minimum Gasteiger partial charge on any atom is -0.319 e. The van der Waals surface area contributed by atoms with Gasteiger partial charge in [-0.2, -0.15) is 5.10 Å². The van der Waals surface area contributed by atoms with Crippen molar-refractivity contribution in [2.75, 3.05) is 5.32 Å². The van der Waals surface area contributed by atoms with Crippen LogP contribution in [0.1, 0.15) is 34.8 Å². The molecule has 0 bridgehead atoms. The Morgan fingerprint density at radius 2 is 1.80 bits per heavy atom. The van der Waals surface area contributed by atoms with E-state index >= 15 is 0 Å². The Morgan fingerprint density at radius 3 is 2.48 bits per heavy atom. The lowest BCUT2D eigenvalue weighted by Crippen LogP contribution is -2.13. The topological polar surface area (TPSA) is 57.8 Å². The maximum atomic E-state index is 13.6. The second kappa shape index (κ2) is 6.12. The normalized spacial score (nSPS) is 13.7. The van der Waals surface area contributed by atoms with Gasteiger partial charge in [-0.05, 0) is 43.2 Å². The standard InChI is InChI=1S/C19H15F2N3O/c20-14-5-1-3-12(9-14)17-18(16(23-24-17)11-7-8-11)22-19(25)13-4-2-6-15(21)10-13/h1-6,9-11H,7-8H2,(H,22,25)(H,23,24). The van der Waals surface area contributed by atoms with E-state index in [4.69, 9.17) is 0 Å². The molecule has 2 aromatic carbocycles. The quantitative estimate of drug-likeness (QED) is 0.736. The first-order valence-electron chi connectivity index (χ1n) is 8.03. The number of halogens is 2. The van der Waals surface area contributed by atoms with Crippen molar-refractivity contribution in [2.45, 2.75) is 18.8 Å². The molecule has 25 heavy (non-hydrogen) atoms. The summed E-state index contributed by atoms with van der Waals surface area (Å²) >= 11 is 0. The minimum atomic E-state index is -0.479. The van der Waals surface area contributed by atoms with Gasteiger partial charge in [-0.1, -0.05) is 18.2 Å². The molecule has 1 aliphatic rings. The van der Waals surface area contributed by atoms with Gasteiger partial charge in [0.15, 0.2) is 0 Å². The van der Waals surface area contributed by atoms with Gasteiger partial charge in [-0.15, -0.1) is 0 Å². The molecule has 0 saturated heterocycles. The Morgan fingerprint density at radius 1 is 1.08 bits per heavy atom. The number of nitrogens with one attached hydrogen (secondary N) is 2. The van der Waals surface area contributed by atoms with Crippen LogP contribution in [0, 0.1) is 11.6 Å². The van der Waals surface area contributed by atoms with Gasteiger partial charge in [-0.25, -0.2) is 8.78 Å². The molecule has 1 aliphatic carbocycles. The Balaban J connectivity index is 1.72. The van der Waals surface area contributed by atoms with Gasteiger partial charge in [0, 0.05) is 17.0 Å². The van der Waals surface area contributed by atoms with Crippen molar-refractivity contribution < 1.29 is 13.6 Å². The van der Waals surface area contributed by atoms with Crippen molar-refractivity contribution in [3.63, 3.8) is 0 Å². The van der Waals surface area contributed by atoms with E-state index in [0.717, 1.165) is 18.5 Å². The second-order valence-corrected chi connectivity index (χ2v) is 6.11. The van der Waals surface area contributed by atoms with E-state index in [-0.39, 0.29) is 11.4 Å². The number of anilines is 1. The summed E-state index contributed by atoms with van der Waals surface area (Å²) in [6.45, 7) is 0. The van der Waals surface area contributed by atoms with Crippen LogP contribution in [0.15, 0.2) is 48.5 Å². The number of hydrogen-bond donors (Lipinski definition) is 2. The van der Waals surface area contributed by atoms with Crippen LogP contribution in [-0.4, -0.2) is 16.1 Å². The van der Waals surface area contributed by atoms with E-state index in [0.29, 0.717) is 22.9 Å². The van der Waals surface area contributed by atoms with E-state index in [1.165, 1.54) is 36.4 Å². The first-order chi connectivity index (χ1) is 12.1. The molecular weight excluding hydrogens is 324 g/mol. The smallest absolute Gasteiger partial charge is 0.255 e. The number of benzene rings is 2. The molecule has 0 radical (unpaired) electrons. The molecule has 1 heterocycles. The van der Waals surface area contributed by atoms with E-state index in [1.54, 1.807) is 12.1 Å². The van der Waals surface area contributed by atoms with Crippen LogP contribution in [0.5, 0.6) is 0 Å². The number of nitrogens with zero attached hydrogens (tertiary/aromatic N) is 1. The third-order valence-corrected chi connectivity index (χ3v) is 4.20. The number of hydrogen-bond acceptors (Lipinski definition) is 2. The van der Waals surface area contributed by atoms with Crippen LogP contribution in [-0.2, 0) is 0 Å². The van der Waals surface area contributed by atoms with Gasteiger partial charge < -0.3 is 5.32 Å². The predicted octanol–water partition coefficient (Wildman–Crippen LogP) is 4.48. The zero-order chi connectivity index (χ0) is 17.4. The summed E-state index contributed by atoms with van der Waals surface area (Å²) < 4.78 is 26.9. The molecule has 0 aliphatic heterocycles. The SMILES string of the molecule is O=C(Nc1c(-c2cccc(F)c2)n[nH]c1C1CC1)c1cccc(F)c1. The molecule has 4 nitrogen and oxygen atoms in total. The number of rotatable bonds is 4. The van der Waals surface area contributed by atoms with Gasteiger partial charge in [0.05, 0.1) is 11.4 Å². The number of amides is 1. The average Bonchev–Trinajstić information content (AvgIpc) is 3.36. The molecule has 126 valence electrons. The van der Waals surface area contributed by atoms with Crippen LogP contribution < -0.4 is 5.32 Å². The van der Waals surface area contributed by atoms with Crippen molar-refractivity contribution in [2.24, 2.45) is 0 Å². The highest BCUT2D eigenvalue weighted by atomic mass is 19.1. The molecule has 0 spiro atoms. The minimum absolute atomic E-state index is 0.216. The van der Waals surface area contributed by atoms with Crippen LogP contribution in [0.25, 0.3) is 11.3 Å². The monoisotopic (exact) mass is 339 g/mol. The molecule has 3 aromatic rings. The van der Waals surface area contributed by atoms with E-state index in [9.17, 15) is 13.6 Å². The summed E-state index contributed by atoms with van der Waals surface area (Å²) in [5.74, 6) is -0.985. The third-order valence-electron chi connectivity index (χ3n) is 4.20.